The van der Waals surface area contributed by atoms with E-state index in [0.717, 1.165) is 0 Å². The van der Waals surface area contributed by atoms with Crippen LogP contribution in [0.3, 0.4) is 0 Å². The largest absolute Gasteiger partial charge is 0.476 e. The molecule has 0 saturated heterocycles. The van der Waals surface area contributed by atoms with E-state index < -0.39 is 5.97 Å². The van der Waals surface area contributed by atoms with Crippen LogP contribution in [0.25, 0.3) is 5.65 Å². The molecular weight excluding hydrogens is 212 g/mol. The van der Waals surface area contributed by atoms with Gasteiger partial charge in [0.2, 0.25) is 5.88 Å². The SMILES string of the molecule is COCOc1nc2ccccn2c1C(=O)O. The van der Waals surface area contributed by atoms with Crippen molar-refractivity contribution in [2.75, 3.05) is 13.9 Å². The molecule has 0 aliphatic heterocycles. The van der Waals surface area contributed by atoms with Gasteiger partial charge in [-0.05, 0) is 12.1 Å². The van der Waals surface area contributed by atoms with Crippen LogP contribution < -0.4 is 4.74 Å². The van der Waals surface area contributed by atoms with Gasteiger partial charge in [-0.1, -0.05) is 6.07 Å². The number of aromatic carboxylic acids is 1. The fourth-order valence-electron chi connectivity index (χ4n) is 1.38. The summed E-state index contributed by atoms with van der Waals surface area (Å²) in [4.78, 5) is 15.1. The Balaban J connectivity index is 2.54. The number of carbonyl (C=O) groups is 1. The molecule has 84 valence electrons. The van der Waals surface area contributed by atoms with Crippen LogP contribution in [-0.2, 0) is 4.74 Å². The number of methoxy groups -OCH3 is 1. The number of hydrogen-bond acceptors (Lipinski definition) is 4. The number of carboxylic acid groups (broad SMARTS) is 1. The van der Waals surface area contributed by atoms with E-state index in [-0.39, 0.29) is 18.4 Å². The number of imidazole rings is 1. The van der Waals surface area contributed by atoms with E-state index in [1.165, 1.54) is 11.5 Å². The second-order valence-corrected chi connectivity index (χ2v) is 3.05. The lowest BCUT2D eigenvalue weighted by Crippen LogP contribution is -2.06. The van der Waals surface area contributed by atoms with Crippen LogP contribution in [0, 0.1) is 0 Å². The summed E-state index contributed by atoms with van der Waals surface area (Å²) in [6.45, 7) is -0.0375. The maximum Gasteiger partial charge on any atom is 0.358 e. The molecule has 0 atom stereocenters. The molecular formula is C10H10N2O4. The van der Waals surface area contributed by atoms with Crippen LogP contribution >= 0.6 is 0 Å². The van der Waals surface area contributed by atoms with Crippen molar-refractivity contribution in [2.45, 2.75) is 0 Å². The van der Waals surface area contributed by atoms with Gasteiger partial charge >= 0.3 is 5.97 Å². The molecule has 0 spiro atoms. The van der Waals surface area contributed by atoms with Crippen molar-refractivity contribution >= 4 is 11.6 Å². The van der Waals surface area contributed by atoms with Gasteiger partial charge in [-0.3, -0.25) is 4.40 Å². The summed E-state index contributed by atoms with van der Waals surface area (Å²) < 4.78 is 11.3. The summed E-state index contributed by atoms with van der Waals surface area (Å²) in [5, 5.41) is 9.07. The molecule has 2 heterocycles. The van der Waals surface area contributed by atoms with Gasteiger partial charge in [0.25, 0.3) is 0 Å². The number of pyridine rings is 1. The first kappa shape index (κ1) is 10.4. The molecule has 0 amide bonds. The lowest BCUT2D eigenvalue weighted by atomic mass is 10.4. The van der Waals surface area contributed by atoms with E-state index in [4.69, 9.17) is 14.6 Å². The zero-order chi connectivity index (χ0) is 11.5. The molecule has 0 radical (unpaired) electrons. The van der Waals surface area contributed by atoms with E-state index in [1.807, 2.05) is 0 Å². The number of rotatable bonds is 4. The maximum absolute atomic E-state index is 11.1. The zero-order valence-corrected chi connectivity index (χ0v) is 8.58. The molecule has 1 N–H and O–H groups in total. The maximum atomic E-state index is 11.1. The zero-order valence-electron chi connectivity index (χ0n) is 8.58. The highest BCUT2D eigenvalue weighted by Gasteiger charge is 2.19. The summed E-state index contributed by atoms with van der Waals surface area (Å²) in [5.74, 6) is -1.04. The van der Waals surface area contributed by atoms with Crippen LogP contribution in [0.2, 0.25) is 0 Å². The van der Waals surface area contributed by atoms with E-state index in [0.29, 0.717) is 5.65 Å². The Bertz CT molecular complexity index is 521. The summed E-state index contributed by atoms with van der Waals surface area (Å²) in [6.07, 6.45) is 1.62. The average molecular weight is 222 g/mol. The minimum Gasteiger partial charge on any atom is -0.476 e. The van der Waals surface area contributed by atoms with E-state index in [9.17, 15) is 4.79 Å². The van der Waals surface area contributed by atoms with Crippen molar-refractivity contribution in [3.8, 4) is 5.88 Å². The molecule has 0 saturated carbocycles. The first-order valence-electron chi connectivity index (χ1n) is 4.56. The third-order valence-corrected chi connectivity index (χ3v) is 2.01. The van der Waals surface area contributed by atoms with Gasteiger partial charge in [-0.15, -0.1) is 0 Å². The number of hydrogen-bond donors (Lipinski definition) is 1. The number of nitrogens with zero attached hydrogens (tertiary/aromatic N) is 2. The molecule has 0 unspecified atom stereocenters. The van der Waals surface area contributed by atoms with Gasteiger partial charge < -0.3 is 14.6 Å². The van der Waals surface area contributed by atoms with Crippen LogP contribution in [0.5, 0.6) is 5.88 Å². The third kappa shape index (κ3) is 1.70. The highest BCUT2D eigenvalue weighted by Crippen LogP contribution is 2.19. The van der Waals surface area contributed by atoms with Crippen LogP contribution in [0.1, 0.15) is 10.5 Å². The van der Waals surface area contributed by atoms with E-state index >= 15 is 0 Å². The Morgan fingerprint density at radius 1 is 1.56 bits per heavy atom. The summed E-state index contributed by atoms with van der Waals surface area (Å²) in [5.41, 5.74) is 0.513. The monoisotopic (exact) mass is 222 g/mol. The second-order valence-electron chi connectivity index (χ2n) is 3.05. The molecule has 0 aliphatic rings. The fraction of sp³-hybridized carbons (Fsp3) is 0.200. The number of ether oxygens (including phenoxy) is 2. The minimum absolute atomic E-state index is 0.00681. The molecule has 6 nitrogen and oxygen atoms in total. The molecule has 0 bridgehead atoms. The number of fused-ring (bicyclic) bond motifs is 1. The van der Waals surface area contributed by atoms with Gasteiger partial charge in [-0.2, -0.15) is 4.98 Å². The van der Waals surface area contributed by atoms with Gasteiger partial charge in [0, 0.05) is 13.3 Å². The fourth-order valence-corrected chi connectivity index (χ4v) is 1.38. The standard InChI is InChI=1S/C10H10N2O4/c1-15-6-16-9-8(10(13)14)12-5-3-2-4-7(12)11-9/h2-5H,6H2,1H3,(H,13,14). The smallest absolute Gasteiger partial charge is 0.358 e. The van der Waals surface area contributed by atoms with Crippen molar-refractivity contribution in [1.29, 1.82) is 0 Å². The first-order valence-corrected chi connectivity index (χ1v) is 4.56. The van der Waals surface area contributed by atoms with Crippen molar-refractivity contribution < 1.29 is 19.4 Å². The minimum atomic E-state index is -1.09. The Morgan fingerprint density at radius 3 is 3.06 bits per heavy atom. The van der Waals surface area contributed by atoms with Crippen LogP contribution in [0.4, 0.5) is 0 Å². The molecule has 0 aromatic carbocycles. The van der Waals surface area contributed by atoms with Crippen LogP contribution in [0.15, 0.2) is 24.4 Å². The van der Waals surface area contributed by atoms with Crippen molar-refractivity contribution in [2.24, 2.45) is 0 Å². The molecule has 0 fully saturated rings. The quantitative estimate of drug-likeness (QED) is 0.781. The van der Waals surface area contributed by atoms with E-state index in [1.54, 1.807) is 24.4 Å². The summed E-state index contributed by atoms with van der Waals surface area (Å²) in [6, 6.07) is 5.20. The Kier molecular flexibility index (Phi) is 2.74. The van der Waals surface area contributed by atoms with Gasteiger partial charge in [0.05, 0.1) is 0 Å². The molecule has 2 aromatic heterocycles. The summed E-state index contributed by atoms with van der Waals surface area (Å²) in [7, 11) is 1.45. The first-order chi connectivity index (χ1) is 7.74. The average Bonchev–Trinajstić information content (AvgIpc) is 2.64. The van der Waals surface area contributed by atoms with Crippen molar-refractivity contribution in [3.63, 3.8) is 0 Å². The van der Waals surface area contributed by atoms with Gasteiger partial charge in [-0.25, -0.2) is 4.79 Å². The van der Waals surface area contributed by atoms with Crippen LogP contribution in [-0.4, -0.2) is 34.4 Å². The number of carboxylic acids is 1. The molecule has 6 heteroatoms. The molecule has 2 aromatic rings. The lowest BCUT2D eigenvalue weighted by molar-refractivity contribution is 0.0454. The van der Waals surface area contributed by atoms with E-state index in [2.05, 4.69) is 4.98 Å². The Hall–Kier alpha value is -2.08. The normalized spacial score (nSPS) is 10.6. The summed E-state index contributed by atoms with van der Waals surface area (Å²) >= 11 is 0. The third-order valence-electron chi connectivity index (χ3n) is 2.01. The second kappa shape index (κ2) is 4.19. The predicted octanol–water partition coefficient (Wildman–Crippen LogP) is 1.02. The Labute approximate surface area is 91.0 Å². The number of aromatic nitrogens is 2. The molecule has 16 heavy (non-hydrogen) atoms. The van der Waals surface area contributed by atoms with Crippen molar-refractivity contribution in [3.05, 3.63) is 30.1 Å². The Morgan fingerprint density at radius 2 is 2.38 bits per heavy atom. The lowest BCUT2D eigenvalue weighted by Gasteiger charge is -2.01. The molecule has 0 aliphatic carbocycles. The predicted molar refractivity (Wildman–Crippen MR) is 54.7 cm³/mol. The van der Waals surface area contributed by atoms with Gasteiger partial charge in [0.15, 0.2) is 12.5 Å². The van der Waals surface area contributed by atoms with Gasteiger partial charge in [0.1, 0.15) is 5.65 Å². The highest BCUT2D eigenvalue weighted by molar-refractivity contribution is 5.89. The van der Waals surface area contributed by atoms with Crippen molar-refractivity contribution in [1.82, 2.24) is 9.38 Å². The topological polar surface area (TPSA) is 73.1 Å². The highest BCUT2D eigenvalue weighted by atomic mass is 16.7. The molecule has 2 rings (SSSR count).